The molecule has 5 heteroatoms. The molecular formula is C29H28N2O3. The van der Waals surface area contributed by atoms with Crippen LogP contribution in [0.4, 0.5) is 5.69 Å². The molecule has 4 aromatic carbocycles. The van der Waals surface area contributed by atoms with Gasteiger partial charge in [-0.05, 0) is 59.4 Å². The maximum Gasteiger partial charge on any atom is 0.338 e. The largest absolute Gasteiger partial charge is 0.457 e. The average Bonchev–Trinajstić information content (AvgIpc) is 2.91. The molecule has 0 aliphatic heterocycles. The minimum absolute atomic E-state index is 0.0504. The molecule has 4 aromatic rings. The Morgan fingerprint density at radius 3 is 2.62 bits per heavy atom. The number of rotatable bonds is 7. The van der Waals surface area contributed by atoms with Crippen LogP contribution in [0.5, 0.6) is 0 Å². The Balaban J connectivity index is 1.43. The second-order valence-electron chi connectivity index (χ2n) is 7.83. The minimum Gasteiger partial charge on any atom is -0.457 e. The van der Waals surface area contributed by atoms with Crippen molar-refractivity contribution < 1.29 is 23.9 Å². The molecule has 0 saturated heterocycles. The number of anilines is 1. The lowest BCUT2D eigenvalue weighted by atomic mass is 9.97. The maximum absolute atomic E-state index is 13.0. The molecule has 0 bridgehead atoms. The Morgan fingerprint density at radius 1 is 1.00 bits per heavy atom. The van der Waals surface area contributed by atoms with Crippen LogP contribution >= 0.6 is 0 Å². The normalized spacial score (nSPS) is 15.5. The lowest BCUT2D eigenvalue weighted by molar-refractivity contribution is -0.117. The SMILES string of the molecule is [2H]c1cccc2cc(NC(=O)[C@H](CN)c3ccc(COC(=O)c4ccc(C([2H])([2H])[2H])cc4C([2H])([2H])[2H])cc3)ccc12. The molecule has 0 fully saturated rings. The van der Waals surface area contributed by atoms with Crippen molar-refractivity contribution in [2.45, 2.75) is 26.2 Å². The number of ether oxygens (including phenoxy) is 1. The van der Waals surface area contributed by atoms with E-state index in [0.717, 1.165) is 22.9 Å². The summed E-state index contributed by atoms with van der Waals surface area (Å²) in [6.45, 7) is -5.36. The van der Waals surface area contributed by atoms with E-state index in [0.29, 0.717) is 22.9 Å². The molecule has 34 heavy (non-hydrogen) atoms. The third-order valence-electron chi connectivity index (χ3n) is 5.47. The van der Waals surface area contributed by atoms with Gasteiger partial charge in [-0.1, -0.05) is 72.3 Å². The second-order valence-corrected chi connectivity index (χ2v) is 7.83. The van der Waals surface area contributed by atoms with Gasteiger partial charge in [0.1, 0.15) is 6.61 Å². The molecule has 0 saturated carbocycles. The predicted molar refractivity (Wildman–Crippen MR) is 136 cm³/mol. The molecule has 3 N–H and O–H groups in total. The van der Waals surface area contributed by atoms with Crippen molar-refractivity contribution in [2.24, 2.45) is 5.73 Å². The first kappa shape index (κ1) is 15.8. The van der Waals surface area contributed by atoms with E-state index in [-0.39, 0.29) is 30.2 Å². The van der Waals surface area contributed by atoms with Crippen LogP contribution in [0.1, 0.15) is 48.1 Å². The van der Waals surface area contributed by atoms with Crippen molar-refractivity contribution in [3.05, 3.63) is 113 Å². The number of nitrogens with two attached hydrogens (primary N) is 1. The Labute approximate surface area is 209 Å². The fraction of sp³-hybridized carbons (Fsp3) is 0.172. The Hall–Kier alpha value is -3.96. The number of hydrogen-bond acceptors (Lipinski definition) is 4. The van der Waals surface area contributed by atoms with Gasteiger partial charge in [-0.3, -0.25) is 4.79 Å². The summed E-state index contributed by atoms with van der Waals surface area (Å²) in [4.78, 5) is 25.8. The molecule has 0 aromatic heterocycles. The average molecular weight is 460 g/mol. The first-order chi connectivity index (χ1) is 19.3. The number of esters is 1. The predicted octanol–water partition coefficient (Wildman–Crippen LogP) is 5.49. The van der Waals surface area contributed by atoms with Gasteiger partial charge in [-0.2, -0.15) is 0 Å². The third kappa shape index (κ3) is 5.33. The van der Waals surface area contributed by atoms with Crippen LogP contribution in [0.25, 0.3) is 10.8 Å². The summed E-state index contributed by atoms with van der Waals surface area (Å²) < 4.78 is 59.1. The molecule has 4 rings (SSSR count). The van der Waals surface area contributed by atoms with Gasteiger partial charge in [0.05, 0.1) is 12.9 Å². The molecule has 0 unspecified atom stereocenters. The second kappa shape index (κ2) is 10.3. The van der Waals surface area contributed by atoms with Gasteiger partial charge in [0, 0.05) is 20.5 Å². The number of amides is 1. The molecule has 172 valence electrons. The van der Waals surface area contributed by atoms with Crippen LogP contribution in [0.2, 0.25) is 0 Å². The van der Waals surface area contributed by atoms with Crippen molar-refractivity contribution in [2.75, 3.05) is 11.9 Å². The lowest BCUT2D eigenvalue weighted by Gasteiger charge is -2.16. The van der Waals surface area contributed by atoms with Crippen LogP contribution in [0.3, 0.4) is 0 Å². The monoisotopic (exact) mass is 459 g/mol. The smallest absolute Gasteiger partial charge is 0.338 e. The van der Waals surface area contributed by atoms with E-state index in [1.165, 1.54) is 6.07 Å². The Kier molecular flexibility index (Phi) is 4.80. The van der Waals surface area contributed by atoms with E-state index in [1.54, 1.807) is 54.6 Å². The van der Waals surface area contributed by atoms with E-state index in [2.05, 4.69) is 5.32 Å². The standard InChI is InChI=1S/C29H28N2O3/c1-19-7-14-26(20(2)15-19)29(33)34-18-21-8-10-23(11-9-21)27(17-30)28(32)31-25-13-12-22-5-3-4-6-24(22)16-25/h3-16,27H,17-18,30H2,1-2H3,(H,31,32)/t27-/m1/s1/i1D3,2D3,5D. The summed E-state index contributed by atoms with van der Waals surface area (Å²) in [5, 5.41) is 4.48. The third-order valence-corrected chi connectivity index (χ3v) is 5.47. The number of carbonyl (C=O) groups excluding carboxylic acids is 2. The fourth-order valence-corrected chi connectivity index (χ4v) is 3.62. The van der Waals surface area contributed by atoms with Gasteiger partial charge < -0.3 is 15.8 Å². The molecule has 0 aliphatic carbocycles. The zero-order chi connectivity index (χ0) is 29.9. The topological polar surface area (TPSA) is 81.4 Å². The summed E-state index contributed by atoms with van der Waals surface area (Å²) in [6.07, 6.45) is 0. The highest BCUT2D eigenvalue weighted by molar-refractivity contribution is 5.98. The van der Waals surface area contributed by atoms with Gasteiger partial charge in [0.2, 0.25) is 5.91 Å². The van der Waals surface area contributed by atoms with Crippen LogP contribution in [-0.2, 0) is 16.1 Å². The van der Waals surface area contributed by atoms with Crippen LogP contribution in [0.15, 0.2) is 84.9 Å². The number of hydrogen-bond donors (Lipinski definition) is 2. The molecule has 1 amide bonds. The quantitative estimate of drug-likeness (QED) is 0.358. The molecule has 0 heterocycles. The molecule has 0 aliphatic rings. The van der Waals surface area contributed by atoms with Crippen molar-refractivity contribution in [3.63, 3.8) is 0 Å². The van der Waals surface area contributed by atoms with Crippen molar-refractivity contribution in [3.8, 4) is 0 Å². The van der Waals surface area contributed by atoms with Crippen LogP contribution in [-0.4, -0.2) is 18.4 Å². The summed E-state index contributed by atoms with van der Waals surface area (Å²) in [5.41, 5.74) is 6.94. The van der Waals surface area contributed by atoms with E-state index in [9.17, 15) is 9.59 Å². The van der Waals surface area contributed by atoms with E-state index >= 15 is 0 Å². The number of nitrogens with one attached hydrogen (secondary N) is 1. The summed E-state index contributed by atoms with van der Waals surface area (Å²) in [5.74, 6) is -1.85. The van der Waals surface area contributed by atoms with E-state index in [1.807, 2.05) is 6.07 Å². The van der Waals surface area contributed by atoms with Gasteiger partial charge >= 0.3 is 5.97 Å². The maximum atomic E-state index is 13.0. The lowest BCUT2D eigenvalue weighted by Crippen LogP contribution is -2.27. The highest BCUT2D eigenvalue weighted by atomic mass is 16.5. The molecular weight excluding hydrogens is 424 g/mol. The number of aryl methyl sites for hydroxylation is 2. The first-order valence-electron chi connectivity index (χ1n) is 14.2. The molecule has 0 spiro atoms. The highest BCUT2D eigenvalue weighted by Crippen LogP contribution is 2.22. The Morgan fingerprint density at radius 2 is 1.85 bits per heavy atom. The van der Waals surface area contributed by atoms with Crippen molar-refractivity contribution >= 4 is 28.3 Å². The zero-order valence-electron chi connectivity index (χ0n) is 25.3. The van der Waals surface area contributed by atoms with Crippen molar-refractivity contribution in [1.82, 2.24) is 0 Å². The van der Waals surface area contributed by atoms with Crippen LogP contribution < -0.4 is 11.1 Å². The number of fused-ring (bicyclic) bond motifs is 1. The molecule has 0 radical (unpaired) electrons. The van der Waals surface area contributed by atoms with E-state index < -0.39 is 31.2 Å². The van der Waals surface area contributed by atoms with E-state index in [4.69, 9.17) is 20.1 Å². The number of carbonyl (C=O) groups is 2. The summed E-state index contributed by atoms with van der Waals surface area (Å²) in [6, 6.07) is 21.1. The summed E-state index contributed by atoms with van der Waals surface area (Å²) >= 11 is 0. The van der Waals surface area contributed by atoms with Crippen LogP contribution in [0, 0.1) is 13.7 Å². The van der Waals surface area contributed by atoms with Gasteiger partial charge in [0.15, 0.2) is 0 Å². The van der Waals surface area contributed by atoms with Crippen molar-refractivity contribution in [1.29, 1.82) is 0 Å². The fourth-order valence-electron chi connectivity index (χ4n) is 3.62. The highest BCUT2D eigenvalue weighted by Gasteiger charge is 2.19. The molecule has 5 nitrogen and oxygen atoms in total. The minimum atomic E-state index is -2.72. The zero-order valence-corrected chi connectivity index (χ0v) is 18.3. The number of benzene rings is 4. The Bertz CT molecular complexity index is 1580. The summed E-state index contributed by atoms with van der Waals surface area (Å²) in [7, 11) is 0. The van der Waals surface area contributed by atoms with Gasteiger partial charge in [-0.15, -0.1) is 0 Å². The van der Waals surface area contributed by atoms with Gasteiger partial charge in [0.25, 0.3) is 0 Å². The first-order valence-corrected chi connectivity index (χ1v) is 10.7. The van der Waals surface area contributed by atoms with Gasteiger partial charge in [-0.25, -0.2) is 4.79 Å². The molecule has 1 atom stereocenters.